The molecule has 3 aromatic heterocycles. The highest BCUT2D eigenvalue weighted by Crippen LogP contribution is 2.27. The molecule has 0 radical (unpaired) electrons. The van der Waals surface area contributed by atoms with Crippen LogP contribution in [0.25, 0.3) is 28.1 Å². The molecule has 0 atom stereocenters. The summed E-state index contributed by atoms with van der Waals surface area (Å²) in [5.74, 6) is 1.31. The number of ether oxygens (including phenoxy) is 1. The van der Waals surface area contributed by atoms with Crippen LogP contribution in [-0.2, 0) is 6.54 Å². The normalized spacial score (nSPS) is 11.1. The summed E-state index contributed by atoms with van der Waals surface area (Å²) in [5.41, 5.74) is 1.79. The van der Waals surface area contributed by atoms with Gasteiger partial charge in [-0.3, -0.25) is 9.36 Å². The maximum atomic E-state index is 12.9. The molecule has 0 aliphatic rings. The van der Waals surface area contributed by atoms with E-state index in [1.807, 2.05) is 54.6 Å². The van der Waals surface area contributed by atoms with E-state index in [1.54, 1.807) is 11.8 Å². The van der Waals surface area contributed by atoms with Gasteiger partial charge in [-0.25, -0.2) is 9.67 Å². The number of fused-ring (bicyclic) bond motifs is 1. The van der Waals surface area contributed by atoms with Crippen LogP contribution in [0, 0.1) is 0 Å². The second kappa shape index (κ2) is 7.28. The molecule has 148 valence electrons. The van der Waals surface area contributed by atoms with E-state index < -0.39 is 0 Å². The van der Waals surface area contributed by atoms with Crippen molar-refractivity contribution in [2.45, 2.75) is 6.54 Å². The van der Waals surface area contributed by atoms with Crippen LogP contribution in [-0.4, -0.2) is 36.6 Å². The summed E-state index contributed by atoms with van der Waals surface area (Å²) in [4.78, 5) is 21.7. The van der Waals surface area contributed by atoms with Crippen LogP contribution in [0.3, 0.4) is 0 Å². The predicted octanol–water partition coefficient (Wildman–Crippen LogP) is 2.69. The van der Waals surface area contributed by atoms with Crippen molar-refractivity contribution in [2.24, 2.45) is 0 Å². The molecule has 9 heteroatoms. The van der Waals surface area contributed by atoms with E-state index in [1.165, 1.54) is 17.1 Å². The summed E-state index contributed by atoms with van der Waals surface area (Å²) in [6.45, 7) is 0.0977. The molecule has 5 aromatic rings. The van der Waals surface area contributed by atoms with E-state index in [0.717, 1.165) is 5.69 Å². The lowest BCUT2D eigenvalue weighted by Crippen LogP contribution is -2.21. The van der Waals surface area contributed by atoms with E-state index in [0.29, 0.717) is 28.2 Å². The van der Waals surface area contributed by atoms with Crippen LogP contribution < -0.4 is 10.3 Å². The molecular formula is C21H16N6O3. The van der Waals surface area contributed by atoms with Crippen molar-refractivity contribution in [3.63, 3.8) is 0 Å². The summed E-state index contributed by atoms with van der Waals surface area (Å²) in [6, 6.07) is 16.9. The fraction of sp³-hybridized carbons (Fsp3) is 0.0952. The monoisotopic (exact) mass is 400 g/mol. The summed E-state index contributed by atoms with van der Waals surface area (Å²) >= 11 is 0. The van der Waals surface area contributed by atoms with Gasteiger partial charge in [0.15, 0.2) is 5.65 Å². The highest BCUT2D eigenvalue weighted by atomic mass is 16.5. The third-order valence-electron chi connectivity index (χ3n) is 4.68. The molecule has 0 saturated carbocycles. The predicted molar refractivity (Wildman–Crippen MR) is 109 cm³/mol. The van der Waals surface area contributed by atoms with Gasteiger partial charge in [0.25, 0.3) is 5.56 Å². The summed E-state index contributed by atoms with van der Waals surface area (Å²) < 4.78 is 13.7. The van der Waals surface area contributed by atoms with Crippen molar-refractivity contribution >= 4 is 11.0 Å². The van der Waals surface area contributed by atoms with E-state index in [-0.39, 0.29) is 18.0 Å². The number of para-hydroxylation sites is 2. The lowest BCUT2D eigenvalue weighted by Gasteiger charge is -2.04. The molecule has 0 N–H and O–H groups in total. The fourth-order valence-electron chi connectivity index (χ4n) is 3.22. The van der Waals surface area contributed by atoms with Gasteiger partial charge in [0.2, 0.25) is 11.7 Å². The molecule has 5 rings (SSSR count). The molecule has 3 heterocycles. The maximum Gasteiger partial charge on any atom is 0.264 e. The quantitative estimate of drug-likeness (QED) is 0.447. The van der Waals surface area contributed by atoms with Crippen molar-refractivity contribution < 1.29 is 9.26 Å². The van der Waals surface area contributed by atoms with Crippen molar-refractivity contribution in [3.8, 4) is 22.8 Å². The Morgan fingerprint density at radius 2 is 1.87 bits per heavy atom. The Labute approximate surface area is 170 Å². The average molecular weight is 400 g/mol. The van der Waals surface area contributed by atoms with E-state index in [9.17, 15) is 4.79 Å². The smallest absolute Gasteiger partial charge is 0.264 e. The number of hydrogen-bond acceptors (Lipinski definition) is 7. The van der Waals surface area contributed by atoms with Crippen LogP contribution >= 0.6 is 0 Å². The third-order valence-corrected chi connectivity index (χ3v) is 4.68. The largest absolute Gasteiger partial charge is 0.496 e. The Balaban J connectivity index is 1.48. The first kappa shape index (κ1) is 17.8. The molecule has 2 aromatic carbocycles. The summed E-state index contributed by atoms with van der Waals surface area (Å²) in [5, 5.41) is 8.73. The van der Waals surface area contributed by atoms with Gasteiger partial charge in [-0.15, -0.1) is 0 Å². The number of nitrogens with zero attached hydrogens (tertiary/aromatic N) is 6. The molecule has 0 aliphatic carbocycles. The van der Waals surface area contributed by atoms with Gasteiger partial charge in [-0.05, 0) is 24.3 Å². The lowest BCUT2D eigenvalue weighted by atomic mass is 10.2. The SMILES string of the molecule is COc1ccccc1-c1noc(Cn2cnc3c(cnn3-c3ccccc3)c2=O)n1. The van der Waals surface area contributed by atoms with Gasteiger partial charge in [0.05, 0.1) is 24.6 Å². The zero-order valence-corrected chi connectivity index (χ0v) is 16.0. The molecule has 0 unspecified atom stereocenters. The van der Waals surface area contributed by atoms with Crippen molar-refractivity contribution in [1.82, 2.24) is 29.5 Å². The van der Waals surface area contributed by atoms with Crippen molar-refractivity contribution in [1.29, 1.82) is 0 Å². The van der Waals surface area contributed by atoms with Gasteiger partial charge in [-0.2, -0.15) is 10.1 Å². The standard InChI is InChI=1S/C21H16N6O3/c1-29-17-10-6-5-9-15(17)19-24-18(30-25-19)12-26-13-22-20-16(21(26)28)11-23-27(20)14-7-3-2-4-8-14/h2-11,13H,12H2,1H3. The minimum Gasteiger partial charge on any atom is -0.496 e. The average Bonchev–Trinajstić information content (AvgIpc) is 3.44. The first-order valence-electron chi connectivity index (χ1n) is 9.19. The first-order valence-corrected chi connectivity index (χ1v) is 9.19. The van der Waals surface area contributed by atoms with Crippen LogP contribution in [0.4, 0.5) is 0 Å². The third kappa shape index (κ3) is 3.02. The Hall–Kier alpha value is -4.27. The maximum absolute atomic E-state index is 12.9. The molecule has 30 heavy (non-hydrogen) atoms. The molecule has 0 bridgehead atoms. The lowest BCUT2D eigenvalue weighted by molar-refractivity contribution is 0.369. The summed E-state index contributed by atoms with van der Waals surface area (Å²) in [6.07, 6.45) is 2.97. The van der Waals surface area contributed by atoms with Gasteiger partial charge < -0.3 is 9.26 Å². The minimum absolute atomic E-state index is 0.0977. The summed E-state index contributed by atoms with van der Waals surface area (Å²) in [7, 11) is 1.58. The van der Waals surface area contributed by atoms with E-state index >= 15 is 0 Å². The van der Waals surface area contributed by atoms with Crippen LogP contribution in [0.2, 0.25) is 0 Å². The zero-order chi connectivity index (χ0) is 20.5. The molecule has 9 nitrogen and oxygen atoms in total. The number of hydrogen-bond donors (Lipinski definition) is 0. The Morgan fingerprint density at radius 3 is 2.70 bits per heavy atom. The van der Waals surface area contributed by atoms with Crippen molar-refractivity contribution in [3.05, 3.63) is 83.4 Å². The van der Waals surface area contributed by atoms with Gasteiger partial charge in [0, 0.05) is 0 Å². The number of methoxy groups -OCH3 is 1. The fourth-order valence-corrected chi connectivity index (χ4v) is 3.22. The molecular weight excluding hydrogens is 384 g/mol. The van der Waals surface area contributed by atoms with Crippen LogP contribution in [0.5, 0.6) is 5.75 Å². The highest BCUT2D eigenvalue weighted by molar-refractivity contribution is 5.74. The molecule has 0 aliphatic heterocycles. The molecule has 0 amide bonds. The Morgan fingerprint density at radius 1 is 1.07 bits per heavy atom. The minimum atomic E-state index is -0.237. The van der Waals surface area contributed by atoms with Crippen LogP contribution in [0.1, 0.15) is 5.89 Å². The topological polar surface area (TPSA) is 101 Å². The second-order valence-corrected chi connectivity index (χ2v) is 6.52. The number of aromatic nitrogens is 6. The zero-order valence-electron chi connectivity index (χ0n) is 16.0. The second-order valence-electron chi connectivity index (χ2n) is 6.52. The van der Waals surface area contributed by atoms with E-state index in [4.69, 9.17) is 9.26 Å². The molecule has 0 fully saturated rings. The van der Waals surface area contributed by atoms with Gasteiger partial charge >= 0.3 is 0 Å². The molecule has 0 saturated heterocycles. The Bertz CT molecular complexity index is 1390. The number of rotatable bonds is 5. The van der Waals surface area contributed by atoms with Crippen molar-refractivity contribution in [2.75, 3.05) is 7.11 Å². The number of benzene rings is 2. The van der Waals surface area contributed by atoms with Gasteiger partial charge in [0.1, 0.15) is 24.0 Å². The highest BCUT2D eigenvalue weighted by Gasteiger charge is 2.16. The Kier molecular flexibility index (Phi) is 4.32. The van der Waals surface area contributed by atoms with Gasteiger partial charge in [-0.1, -0.05) is 35.5 Å². The first-order chi connectivity index (χ1) is 14.7. The van der Waals surface area contributed by atoms with Crippen LogP contribution in [0.15, 0.2) is 76.4 Å². The molecule has 0 spiro atoms. The van der Waals surface area contributed by atoms with E-state index in [2.05, 4.69) is 20.2 Å².